The predicted octanol–water partition coefficient (Wildman–Crippen LogP) is 4.15. The molecule has 0 fully saturated rings. The van der Waals surface area contributed by atoms with Crippen molar-refractivity contribution in [3.63, 3.8) is 0 Å². The van der Waals surface area contributed by atoms with Crippen LogP contribution in [0.25, 0.3) is 5.57 Å². The third-order valence-electron chi connectivity index (χ3n) is 5.40. The largest absolute Gasteiger partial charge is 0.737 e. The van der Waals surface area contributed by atoms with Gasteiger partial charge >= 0.3 is 12.7 Å². The monoisotopic (exact) mass is 385 g/mol. The van der Waals surface area contributed by atoms with Crippen LogP contribution in [-0.4, -0.2) is 31.7 Å². The second kappa shape index (κ2) is 5.64. The van der Waals surface area contributed by atoms with Gasteiger partial charge < -0.3 is 22.7 Å². The summed E-state index contributed by atoms with van der Waals surface area (Å²) < 4.78 is 33.1. The van der Waals surface area contributed by atoms with Gasteiger partial charge in [-0.2, -0.15) is 0 Å². The molecule has 0 aliphatic carbocycles. The van der Waals surface area contributed by atoms with Gasteiger partial charge in [-0.3, -0.25) is 10.1 Å². The average Bonchev–Trinajstić information content (AvgIpc) is 3.06. The zero-order chi connectivity index (χ0) is 20.5. The van der Waals surface area contributed by atoms with Crippen molar-refractivity contribution in [3.05, 3.63) is 74.2 Å². The van der Waals surface area contributed by atoms with E-state index in [1.54, 1.807) is 39.8 Å². The molecule has 0 bridgehead atoms. The molecule has 9 heteroatoms. The summed E-state index contributed by atoms with van der Waals surface area (Å²) in [6.45, 7) is 2.65. The first-order valence-electron chi connectivity index (χ1n) is 8.80. The maximum Gasteiger partial charge on any atom is 0.737 e. The van der Waals surface area contributed by atoms with E-state index in [2.05, 4.69) is 0 Å². The molecular weight excluding hydrogens is 367 g/mol. The fraction of sp³-hybridized carbons (Fsp3) is 0.211. The molecule has 0 spiro atoms. The lowest BCUT2D eigenvalue weighted by molar-refractivity contribution is -0.385. The van der Waals surface area contributed by atoms with E-state index < -0.39 is 23.3 Å². The molecule has 0 saturated carbocycles. The number of nitrogens with zero attached hydrogens (tertiary/aromatic N) is 3. The molecule has 1 aromatic heterocycles. The minimum Gasteiger partial charge on any atom is -0.502 e. The Bertz CT molecular complexity index is 1180. The number of halogens is 2. The number of allylic oxidation sites excluding steroid dienone is 2. The topological polar surface area (TPSA) is 71.3 Å². The summed E-state index contributed by atoms with van der Waals surface area (Å²) >= 11 is 0. The molecule has 0 radical (unpaired) electrons. The van der Waals surface area contributed by atoms with Crippen LogP contribution < -0.4 is 0 Å². The van der Waals surface area contributed by atoms with Gasteiger partial charge in [-0.05, 0) is 55.8 Å². The number of phenolic OH excluding ortho intramolecular Hbond substituents is 1. The summed E-state index contributed by atoms with van der Waals surface area (Å²) in [6, 6.07) is 5.67. The Labute approximate surface area is 159 Å². The van der Waals surface area contributed by atoms with Gasteiger partial charge in [0.15, 0.2) is 11.4 Å². The van der Waals surface area contributed by atoms with Crippen LogP contribution in [0.1, 0.15) is 36.4 Å². The maximum absolute atomic E-state index is 15.5. The summed E-state index contributed by atoms with van der Waals surface area (Å²) in [5, 5.41) is 21.1. The van der Waals surface area contributed by atoms with Gasteiger partial charge in [-0.1, -0.05) is 0 Å². The molecule has 4 rings (SSSR count). The maximum atomic E-state index is 15.5. The van der Waals surface area contributed by atoms with Crippen LogP contribution in [0.15, 0.2) is 41.6 Å². The van der Waals surface area contributed by atoms with E-state index in [0.29, 0.717) is 45.1 Å². The molecule has 28 heavy (non-hydrogen) atoms. The van der Waals surface area contributed by atoms with Gasteiger partial charge in [-0.15, -0.1) is 0 Å². The van der Waals surface area contributed by atoms with Gasteiger partial charge in [0, 0.05) is 30.3 Å². The van der Waals surface area contributed by atoms with E-state index in [9.17, 15) is 15.2 Å². The van der Waals surface area contributed by atoms with Gasteiger partial charge in [0.1, 0.15) is 5.71 Å². The summed E-state index contributed by atoms with van der Waals surface area (Å²) in [5.41, 5.74) is 3.27. The Hall–Kier alpha value is -3.23. The lowest BCUT2D eigenvalue weighted by Crippen LogP contribution is -2.51. The number of benzene rings is 1. The molecule has 0 unspecified atom stereocenters. The minimum atomic E-state index is -4.10. The smallest absolute Gasteiger partial charge is 0.502 e. The van der Waals surface area contributed by atoms with Crippen LogP contribution in [0.3, 0.4) is 0 Å². The van der Waals surface area contributed by atoms with E-state index in [1.165, 1.54) is 18.2 Å². The number of aromatic hydroxyl groups is 1. The number of nitro groups is 1. The van der Waals surface area contributed by atoms with Crippen molar-refractivity contribution in [2.24, 2.45) is 0 Å². The highest BCUT2D eigenvalue weighted by Gasteiger charge is 2.55. The Morgan fingerprint density at radius 2 is 1.86 bits per heavy atom. The Kier molecular flexibility index (Phi) is 3.65. The van der Waals surface area contributed by atoms with Crippen LogP contribution in [-0.2, 0) is 0 Å². The molecule has 2 aliphatic rings. The predicted molar refractivity (Wildman–Crippen MR) is 103 cm³/mol. The van der Waals surface area contributed by atoms with E-state index >= 15 is 8.63 Å². The lowest BCUT2D eigenvalue weighted by atomic mass is 9.83. The van der Waals surface area contributed by atoms with Gasteiger partial charge in [0.05, 0.1) is 10.5 Å². The zero-order valence-corrected chi connectivity index (χ0v) is 15.8. The number of fused-ring (bicyclic) bond motifs is 2. The SMILES string of the molecule is CC1=CC(C)=[N+]2C1=C(c1ccc(O)c([N+](=O)[O-])c1)c1c(C)cc(C)n1[B-]2(F)F. The second-order valence-corrected chi connectivity index (χ2v) is 7.30. The van der Waals surface area contributed by atoms with E-state index in [1.807, 2.05) is 0 Å². The van der Waals surface area contributed by atoms with Crippen molar-refractivity contribution in [2.75, 3.05) is 0 Å². The summed E-state index contributed by atoms with van der Waals surface area (Å²) in [7, 11) is 0. The molecule has 1 aromatic carbocycles. The number of aryl methyl sites for hydroxylation is 2. The summed E-state index contributed by atoms with van der Waals surface area (Å²) in [4.78, 5) is 10.6. The number of aromatic nitrogens is 1. The minimum absolute atomic E-state index is 0.344. The fourth-order valence-electron chi connectivity index (χ4n) is 4.40. The summed E-state index contributed by atoms with van der Waals surface area (Å²) in [6.07, 6.45) is 1.69. The third-order valence-corrected chi connectivity index (χ3v) is 5.40. The first kappa shape index (κ1) is 18.2. The van der Waals surface area contributed by atoms with Gasteiger partial charge in [-0.25, -0.2) is 0 Å². The van der Waals surface area contributed by atoms with Crippen molar-refractivity contribution < 1.29 is 23.1 Å². The molecular formula is C19H18BF2N3O3. The number of hydrogen-bond acceptors (Lipinski definition) is 3. The van der Waals surface area contributed by atoms with Crippen LogP contribution in [0.2, 0.25) is 0 Å². The quantitative estimate of drug-likeness (QED) is 0.480. The number of rotatable bonds is 2. The van der Waals surface area contributed by atoms with Crippen molar-refractivity contribution in [1.29, 1.82) is 0 Å². The van der Waals surface area contributed by atoms with Crippen LogP contribution in [0.4, 0.5) is 14.3 Å². The first-order chi connectivity index (χ1) is 13.1. The average molecular weight is 385 g/mol. The zero-order valence-electron chi connectivity index (χ0n) is 15.8. The van der Waals surface area contributed by atoms with Gasteiger partial charge in [0.25, 0.3) is 0 Å². The molecule has 6 nitrogen and oxygen atoms in total. The van der Waals surface area contributed by atoms with E-state index in [0.717, 1.165) is 8.96 Å². The highest BCUT2D eigenvalue weighted by atomic mass is 19.2. The standard InChI is InChI=1S/C19H18BF2N3O3/c1-10-7-12(3)23-18(10)17(14-5-6-16(26)15(9-14)25(27)28)19-11(2)8-13(4)24(19)20(23,21)22/h5-9,26H,1-4H3. The lowest BCUT2D eigenvalue weighted by Gasteiger charge is -2.34. The number of nitro benzene ring substituents is 1. The molecule has 3 heterocycles. The number of hydrogen-bond donors (Lipinski definition) is 1. The molecule has 0 atom stereocenters. The Morgan fingerprint density at radius 1 is 1.18 bits per heavy atom. The highest BCUT2D eigenvalue weighted by Crippen LogP contribution is 2.45. The molecule has 0 saturated heterocycles. The van der Waals surface area contributed by atoms with Crippen LogP contribution in [0.5, 0.6) is 5.75 Å². The van der Waals surface area contributed by atoms with Crippen molar-refractivity contribution in [3.8, 4) is 5.75 Å². The van der Waals surface area contributed by atoms with Gasteiger partial charge in [0.2, 0.25) is 0 Å². The normalized spacial score (nSPS) is 17.6. The summed E-state index contributed by atoms with van der Waals surface area (Å²) in [5.74, 6) is -0.466. The molecule has 144 valence electrons. The second-order valence-electron chi connectivity index (χ2n) is 7.30. The third kappa shape index (κ3) is 2.22. The van der Waals surface area contributed by atoms with Crippen molar-refractivity contribution in [2.45, 2.75) is 27.7 Å². The number of phenols is 1. The molecule has 2 aliphatic heterocycles. The fourth-order valence-corrected chi connectivity index (χ4v) is 4.40. The van der Waals surface area contributed by atoms with E-state index in [-0.39, 0.29) is 0 Å². The van der Waals surface area contributed by atoms with Crippen LogP contribution in [0, 0.1) is 24.0 Å². The highest BCUT2D eigenvalue weighted by molar-refractivity contribution is 6.58. The molecule has 1 N–H and O–H groups in total. The molecule has 0 amide bonds. The first-order valence-corrected chi connectivity index (χ1v) is 8.80. The van der Waals surface area contributed by atoms with Crippen LogP contribution >= 0.6 is 0 Å². The van der Waals surface area contributed by atoms with E-state index in [4.69, 9.17) is 0 Å². The Morgan fingerprint density at radius 3 is 2.50 bits per heavy atom. The Balaban J connectivity index is 2.16. The van der Waals surface area contributed by atoms with Crippen molar-refractivity contribution >= 4 is 23.9 Å². The molecule has 2 aromatic rings. The van der Waals surface area contributed by atoms with Crippen molar-refractivity contribution in [1.82, 2.24) is 4.48 Å².